The topological polar surface area (TPSA) is 3.24 Å². The van der Waals surface area contributed by atoms with Gasteiger partial charge in [0.25, 0.3) is 0 Å². The van der Waals surface area contributed by atoms with Crippen molar-refractivity contribution in [3.8, 4) is 0 Å². The van der Waals surface area contributed by atoms with Gasteiger partial charge in [-0.1, -0.05) is 0 Å². The molecule has 2 rings (SSSR count). The third-order valence-corrected chi connectivity index (χ3v) is 4.27. The Kier molecular flexibility index (Phi) is 2.58. The maximum Gasteiger partial charge on any atom is 0.129 e. The summed E-state index contributed by atoms with van der Waals surface area (Å²) < 4.78 is 2.64. The lowest BCUT2D eigenvalue weighted by Gasteiger charge is -2.49. The van der Waals surface area contributed by atoms with Gasteiger partial charge in [0, 0.05) is 13.1 Å². The fraction of sp³-hybridized carbons (Fsp3) is 1.00. The number of quaternary nitrogens is 2. The lowest BCUT2D eigenvalue weighted by molar-refractivity contribution is -1.02. The van der Waals surface area contributed by atoms with Gasteiger partial charge in [-0.15, -0.1) is 0 Å². The van der Waals surface area contributed by atoms with E-state index in [0.717, 1.165) is 0 Å². The van der Waals surface area contributed by atoms with Crippen LogP contribution in [-0.2, 0) is 0 Å². The van der Waals surface area contributed by atoms with E-state index >= 15 is 0 Å². The number of hydrogen-bond donors (Lipinski definition) is 0. The van der Waals surface area contributed by atoms with E-state index in [1.165, 1.54) is 61.3 Å². The summed E-state index contributed by atoms with van der Waals surface area (Å²) in [4.78, 5) is 2.47. The third kappa shape index (κ3) is 2.10. The van der Waals surface area contributed by atoms with Crippen LogP contribution in [0.4, 0.5) is 0 Å². The van der Waals surface area contributed by atoms with Gasteiger partial charge in [-0.25, -0.2) is 0 Å². The second kappa shape index (κ2) is 3.47. The van der Waals surface area contributed by atoms with E-state index in [2.05, 4.69) is 26.0 Å². The summed E-state index contributed by atoms with van der Waals surface area (Å²) >= 11 is 0. The molecule has 2 saturated heterocycles. The zero-order chi connectivity index (χ0) is 10.2. The first-order valence-corrected chi connectivity index (χ1v) is 5.87. The minimum absolute atomic E-state index is 1.23. The van der Waals surface area contributed by atoms with Crippen LogP contribution in [-0.4, -0.2) is 87.4 Å². The predicted octanol–water partition coefficient (Wildman–Crippen LogP) is -0.161. The van der Waals surface area contributed by atoms with E-state index in [-0.39, 0.29) is 0 Å². The fourth-order valence-corrected chi connectivity index (χ4v) is 2.63. The van der Waals surface area contributed by atoms with E-state index in [4.69, 9.17) is 0 Å². The highest BCUT2D eigenvalue weighted by Gasteiger charge is 2.39. The van der Waals surface area contributed by atoms with E-state index in [1.807, 2.05) is 0 Å². The van der Waals surface area contributed by atoms with Crippen molar-refractivity contribution in [2.75, 3.05) is 73.5 Å². The van der Waals surface area contributed by atoms with Gasteiger partial charge >= 0.3 is 0 Å². The van der Waals surface area contributed by atoms with Crippen LogP contribution in [0, 0.1) is 0 Å². The molecule has 0 unspecified atom stereocenters. The Morgan fingerprint density at radius 2 is 1.29 bits per heavy atom. The van der Waals surface area contributed by atoms with Gasteiger partial charge in [0.05, 0.1) is 27.2 Å². The van der Waals surface area contributed by atoms with Gasteiger partial charge in [-0.2, -0.15) is 0 Å². The van der Waals surface area contributed by atoms with Crippen LogP contribution in [0.1, 0.15) is 0 Å². The molecule has 0 aliphatic carbocycles. The second-order valence-corrected chi connectivity index (χ2v) is 5.92. The fourth-order valence-electron chi connectivity index (χ4n) is 2.63. The van der Waals surface area contributed by atoms with Gasteiger partial charge in [-0.3, -0.25) is 4.90 Å². The molecule has 14 heavy (non-hydrogen) atoms. The van der Waals surface area contributed by atoms with Crippen LogP contribution in [0.5, 0.6) is 0 Å². The lowest BCUT2D eigenvalue weighted by atomic mass is 10.1. The maximum absolute atomic E-state index is 2.47. The van der Waals surface area contributed by atoms with Crippen LogP contribution in [0.15, 0.2) is 0 Å². The number of hydrogen-bond acceptors (Lipinski definition) is 1. The molecule has 3 heteroatoms. The molecule has 2 heterocycles. The monoisotopic (exact) mass is 199 g/mol. The third-order valence-electron chi connectivity index (χ3n) is 4.27. The van der Waals surface area contributed by atoms with Crippen LogP contribution >= 0.6 is 0 Å². The molecule has 0 N–H and O–H groups in total. The SMILES string of the molecule is CN1CC[N+]2(CC1)CC[N+](C)(C)CC2. The van der Waals surface area contributed by atoms with E-state index in [0.29, 0.717) is 0 Å². The van der Waals surface area contributed by atoms with E-state index < -0.39 is 0 Å². The largest absolute Gasteiger partial charge is 0.319 e. The molecule has 3 nitrogen and oxygen atoms in total. The molecule has 1 spiro atoms. The Morgan fingerprint density at radius 3 is 1.79 bits per heavy atom. The van der Waals surface area contributed by atoms with E-state index in [1.54, 1.807) is 0 Å². The standard InChI is InChI=1S/C11H25N3/c1-12-4-6-14(7-5-12)10-8-13(2,3)9-11-14/h4-11H2,1-3H3/q+2. The highest BCUT2D eigenvalue weighted by molar-refractivity contribution is 4.62. The summed E-state index contributed by atoms with van der Waals surface area (Å²) in [6, 6.07) is 0. The van der Waals surface area contributed by atoms with Crippen LogP contribution in [0.3, 0.4) is 0 Å². The lowest BCUT2D eigenvalue weighted by Crippen LogP contribution is -2.68. The average Bonchev–Trinajstić information content (AvgIpc) is 2.16. The quantitative estimate of drug-likeness (QED) is 0.490. The zero-order valence-electron chi connectivity index (χ0n) is 10.00. The minimum atomic E-state index is 1.23. The van der Waals surface area contributed by atoms with Gasteiger partial charge in [0.1, 0.15) is 26.2 Å². The van der Waals surface area contributed by atoms with Crippen molar-refractivity contribution in [2.24, 2.45) is 0 Å². The van der Waals surface area contributed by atoms with Crippen molar-refractivity contribution in [3.05, 3.63) is 0 Å². The first kappa shape index (κ1) is 10.4. The van der Waals surface area contributed by atoms with Crippen molar-refractivity contribution in [2.45, 2.75) is 0 Å². The Morgan fingerprint density at radius 1 is 0.786 bits per heavy atom. The van der Waals surface area contributed by atoms with Crippen LogP contribution in [0.2, 0.25) is 0 Å². The summed E-state index contributed by atoms with van der Waals surface area (Å²) in [6.45, 7) is 10.9. The summed E-state index contributed by atoms with van der Waals surface area (Å²) in [7, 11) is 6.98. The molecule has 2 aliphatic rings. The average molecular weight is 199 g/mol. The molecule has 0 amide bonds. The number of likely N-dealkylation sites (N-methyl/N-ethyl adjacent to an activating group) is 2. The Hall–Kier alpha value is -0.120. The zero-order valence-corrected chi connectivity index (χ0v) is 10.00. The van der Waals surface area contributed by atoms with Crippen LogP contribution < -0.4 is 0 Å². The van der Waals surface area contributed by atoms with Gasteiger partial charge in [0.2, 0.25) is 0 Å². The summed E-state index contributed by atoms with van der Waals surface area (Å²) in [5.41, 5.74) is 0. The van der Waals surface area contributed by atoms with E-state index in [9.17, 15) is 0 Å². The molecule has 0 aromatic heterocycles. The van der Waals surface area contributed by atoms with Crippen molar-refractivity contribution in [3.63, 3.8) is 0 Å². The molecule has 0 saturated carbocycles. The van der Waals surface area contributed by atoms with Crippen molar-refractivity contribution < 1.29 is 8.97 Å². The number of nitrogens with zero attached hydrogens (tertiary/aromatic N) is 3. The molecule has 0 bridgehead atoms. The van der Waals surface area contributed by atoms with Gasteiger partial charge in [-0.05, 0) is 7.05 Å². The molecule has 0 aromatic carbocycles. The number of rotatable bonds is 0. The molecule has 0 aromatic rings. The molecule has 0 atom stereocenters. The van der Waals surface area contributed by atoms with Crippen LogP contribution in [0.25, 0.3) is 0 Å². The van der Waals surface area contributed by atoms with Crippen molar-refractivity contribution in [1.82, 2.24) is 4.90 Å². The highest BCUT2D eigenvalue weighted by atomic mass is 15.5. The number of piperazine rings is 2. The summed E-state index contributed by atoms with van der Waals surface area (Å²) in [5, 5.41) is 0. The molecule has 0 radical (unpaired) electrons. The van der Waals surface area contributed by atoms with Gasteiger partial charge in [0.15, 0.2) is 0 Å². The minimum Gasteiger partial charge on any atom is -0.319 e. The first-order chi connectivity index (χ1) is 6.52. The molecular weight excluding hydrogens is 174 g/mol. The normalized spacial score (nSPS) is 31.9. The maximum atomic E-state index is 2.47. The first-order valence-electron chi connectivity index (χ1n) is 5.87. The summed E-state index contributed by atoms with van der Waals surface area (Å²) in [6.07, 6.45) is 0. The van der Waals surface area contributed by atoms with Crippen molar-refractivity contribution in [1.29, 1.82) is 0 Å². The Labute approximate surface area is 88.1 Å². The summed E-state index contributed by atoms with van der Waals surface area (Å²) in [5.74, 6) is 0. The second-order valence-electron chi connectivity index (χ2n) is 5.92. The highest BCUT2D eigenvalue weighted by Crippen LogP contribution is 2.18. The van der Waals surface area contributed by atoms with Crippen molar-refractivity contribution >= 4 is 0 Å². The predicted molar refractivity (Wildman–Crippen MR) is 59.1 cm³/mol. The Bertz CT molecular complexity index is 193. The molecule has 82 valence electrons. The molecule has 2 aliphatic heterocycles. The smallest absolute Gasteiger partial charge is 0.129 e. The molecular formula is C11H25N3+2. The molecule has 2 fully saturated rings. The van der Waals surface area contributed by atoms with Gasteiger partial charge < -0.3 is 8.97 Å². The Balaban J connectivity index is 1.93.